The Morgan fingerprint density at radius 3 is 2.53 bits per heavy atom. The van der Waals surface area contributed by atoms with Crippen molar-refractivity contribution in [3.05, 3.63) is 93.4 Å². The largest absolute Gasteiger partial charge is 0.487 e. The van der Waals surface area contributed by atoms with Crippen LogP contribution in [-0.4, -0.2) is 24.8 Å². The molecule has 0 spiro atoms. The van der Waals surface area contributed by atoms with Crippen molar-refractivity contribution in [3.8, 4) is 5.75 Å². The number of nitrogens with zero attached hydrogens (tertiary/aromatic N) is 2. The molecule has 3 amide bonds. The zero-order valence-corrected chi connectivity index (χ0v) is 17.4. The van der Waals surface area contributed by atoms with E-state index >= 15 is 0 Å². The molecule has 1 heterocycles. The highest BCUT2D eigenvalue weighted by molar-refractivity contribution is 6.34. The predicted octanol–water partition coefficient (Wildman–Crippen LogP) is 4.32. The monoisotopic (exact) mass is 429 g/mol. The van der Waals surface area contributed by atoms with Gasteiger partial charge in [-0.1, -0.05) is 18.2 Å². The second kappa shape index (κ2) is 8.43. The number of carbonyl (C=O) groups is 3. The number of aryl methyl sites for hydroxylation is 1. The Balaban J connectivity index is 1.59. The molecule has 4 rings (SSSR count). The first-order chi connectivity index (χ1) is 15.4. The molecule has 0 saturated carbocycles. The molecule has 0 aromatic heterocycles. The fraction of sp³-hybridized carbons (Fsp3) is 0.125. The Hall–Kier alpha value is -4.33. The van der Waals surface area contributed by atoms with Crippen molar-refractivity contribution in [1.82, 2.24) is 0 Å². The molecule has 0 bridgehead atoms. The lowest BCUT2D eigenvalue weighted by atomic mass is 10.1. The number of carbonyl (C=O) groups excluding carboxylic acids is 3. The highest BCUT2D eigenvalue weighted by Crippen LogP contribution is 2.31. The van der Waals surface area contributed by atoms with E-state index in [-0.39, 0.29) is 23.3 Å². The second-order valence-corrected chi connectivity index (χ2v) is 7.31. The van der Waals surface area contributed by atoms with Crippen LogP contribution in [0, 0.1) is 11.8 Å². The van der Waals surface area contributed by atoms with Gasteiger partial charge in [0, 0.05) is 17.8 Å². The van der Waals surface area contributed by atoms with Crippen LogP contribution in [-0.2, 0) is 6.61 Å². The zero-order chi connectivity index (χ0) is 22.8. The van der Waals surface area contributed by atoms with Crippen LogP contribution in [0.3, 0.4) is 0 Å². The van der Waals surface area contributed by atoms with Gasteiger partial charge in [-0.2, -0.15) is 0 Å². The fourth-order valence-electron chi connectivity index (χ4n) is 3.56. The number of hydrogen-bond acceptors (Lipinski definition) is 6. The van der Waals surface area contributed by atoms with Crippen molar-refractivity contribution in [2.24, 2.45) is 5.18 Å². The third kappa shape index (κ3) is 3.74. The van der Waals surface area contributed by atoms with Crippen molar-refractivity contribution in [3.63, 3.8) is 0 Å². The van der Waals surface area contributed by atoms with E-state index in [1.54, 1.807) is 18.2 Å². The van der Waals surface area contributed by atoms with Gasteiger partial charge in [0.15, 0.2) is 0 Å². The molecule has 0 radical (unpaired) electrons. The first kappa shape index (κ1) is 20.9. The summed E-state index contributed by atoms with van der Waals surface area (Å²) >= 11 is 0. The lowest BCUT2D eigenvalue weighted by Crippen LogP contribution is -2.29. The minimum atomic E-state index is -0.997. The number of rotatable bonds is 6. The normalized spacial score (nSPS) is 12.5. The smallest absolute Gasteiger partial charge is 0.316 e. The van der Waals surface area contributed by atoms with Crippen LogP contribution in [0.2, 0.25) is 0 Å². The van der Waals surface area contributed by atoms with Gasteiger partial charge in [0.2, 0.25) is 0 Å². The van der Waals surface area contributed by atoms with E-state index in [1.807, 2.05) is 38.2 Å². The van der Waals surface area contributed by atoms with Gasteiger partial charge in [0.05, 0.1) is 22.5 Å². The van der Waals surface area contributed by atoms with E-state index in [9.17, 15) is 19.3 Å². The van der Waals surface area contributed by atoms with Crippen LogP contribution in [0.5, 0.6) is 5.75 Å². The van der Waals surface area contributed by atoms with E-state index in [1.165, 1.54) is 18.2 Å². The average molecular weight is 429 g/mol. The summed E-state index contributed by atoms with van der Waals surface area (Å²) in [4.78, 5) is 48.9. The molecule has 8 heteroatoms. The maximum absolute atomic E-state index is 12.9. The maximum Gasteiger partial charge on any atom is 0.316 e. The number of nitroso groups, excluding NO2 is 1. The van der Waals surface area contributed by atoms with Gasteiger partial charge in [-0.15, -0.1) is 4.91 Å². The number of anilines is 2. The Bertz CT molecular complexity index is 1270. The van der Waals surface area contributed by atoms with Crippen molar-refractivity contribution >= 4 is 29.1 Å². The summed E-state index contributed by atoms with van der Waals surface area (Å²) in [5.74, 6) is -1.38. The summed E-state index contributed by atoms with van der Waals surface area (Å²) in [6.07, 6.45) is 0. The molecule has 0 atom stereocenters. The summed E-state index contributed by atoms with van der Waals surface area (Å²) in [5, 5.41) is 5.44. The average Bonchev–Trinajstić information content (AvgIpc) is 3.06. The maximum atomic E-state index is 12.9. The SMILES string of the molecule is CNc1ccc(C)cc1OCc1cccc(N2C(=O)c3ccc(C(=O)N=O)cc3C2=O)c1. The fourth-order valence-corrected chi connectivity index (χ4v) is 3.56. The van der Waals surface area contributed by atoms with Gasteiger partial charge >= 0.3 is 5.91 Å². The first-order valence-corrected chi connectivity index (χ1v) is 9.83. The number of fused-ring (bicyclic) bond motifs is 1. The Kier molecular flexibility index (Phi) is 5.51. The van der Waals surface area contributed by atoms with Crippen molar-refractivity contribution in [2.45, 2.75) is 13.5 Å². The molecular formula is C24H19N3O5. The molecule has 1 aliphatic heterocycles. The molecule has 0 unspecified atom stereocenters. The van der Waals surface area contributed by atoms with Gasteiger partial charge in [-0.3, -0.25) is 14.4 Å². The number of ether oxygens (including phenoxy) is 1. The van der Waals surface area contributed by atoms with Gasteiger partial charge < -0.3 is 10.1 Å². The van der Waals surface area contributed by atoms with Crippen molar-refractivity contribution in [1.29, 1.82) is 0 Å². The molecule has 32 heavy (non-hydrogen) atoms. The third-order valence-electron chi connectivity index (χ3n) is 5.19. The minimum Gasteiger partial charge on any atom is -0.487 e. The molecule has 0 saturated heterocycles. The Labute approximate surface area is 183 Å². The lowest BCUT2D eigenvalue weighted by Gasteiger charge is -2.16. The molecule has 3 aromatic carbocycles. The highest BCUT2D eigenvalue weighted by atomic mass is 16.5. The van der Waals surface area contributed by atoms with E-state index < -0.39 is 17.7 Å². The number of nitrogens with one attached hydrogen (secondary N) is 1. The van der Waals surface area contributed by atoms with Crippen molar-refractivity contribution < 1.29 is 19.1 Å². The summed E-state index contributed by atoms with van der Waals surface area (Å²) in [5.41, 5.74) is 3.24. The number of imide groups is 1. The predicted molar refractivity (Wildman–Crippen MR) is 119 cm³/mol. The molecular weight excluding hydrogens is 410 g/mol. The summed E-state index contributed by atoms with van der Waals surface area (Å²) in [7, 11) is 1.81. The van der Waals surface area contributed by atoms with Crippen LogP contribution in [0.25, 0.3) is 0 Å². The van der Waals surface area contributed by atoms with Gasteiger partial charge in [-0.25, -0.2) is 4.90 Å². The van der Waals surface area contributed by atoms with Gasteiger partial charge in [0.1, 0.15) is 12.4 Å². The van der Waals surface area contributed by atoms with Crippen molar-refractivity contribution in [2.75, 3.05) is 17.3 Å². The van der Waals surface area contributed by atoms with Crippen LogP contribution in [0.4, 0.5) is 11.4 Å². The van der Waals surface area contributed by atoms with E-state index in [4.69, 9.17) is 4.74 Å². The molecule has 3 aromatic rings. The van der Waals surface area contributed by atoms with Gasteiger partial charge in [0.25, 0.3) is 11.8 Å². The molecule has 0 aliphatic carbocycles. The van der Waals surface area contributed by atoms with E-state index in [2.05, 4.69) is 10.5 Å². The van der Waals surface area contributed by atoms with E-state index in [0.29, 0.717) is 11.4 Å². The van der Waals surface area contributed by atoms with Crippen LogP contribution in [0.15, 0.2) is 65.8 Å². The summed E-state index contributed by atoms with van der Waals surface area (Å²) in [6, 6.07) is 16.6. The van der Waals surface area contributed by atoms with Crippen LogP contribution < -0.4 is 15.0 Å². The van der Waals surface area contributed by atoms with Gasteiger partial charge in [-0.05, 0) is 60.5 Å². The lowest BCUT2D eigenvalue weighted by molar-refractivity contribution is 0.0925. The standard InChI is InChI=1S/C24H19N3O5/c1-14-6-9-20(25-2)21(10-14)32-13-15-4-3-5-17(11-15)27-23(29)18-8-7-16(22(28)26-31)12-19(18)24(27)30/h3-12,25H,13H2,1-2H3. The summed E-state index contributed by atoms with van der Waals surface area (Å²) in [6.45, 7) is 2.21. The minimum absolute atomic E-state index is 0.0395. The highest BCUT2D eigenvalue weighted by Gasteiger charge is 2.37. The first-order valence-electron chi connectivity index (χ1n) is 9.83. The Morgan fingerprint density at radius 1 is 1.00 bits per heavy atom. The third-order valence-corrected chi connectivity index (χ3v) is 5.19. The number of amides is 3. The second-order valence-electron chi connectivity index (χ2n) is 7.31. The molecule has 160 valence electrons. The Morgan fingerprint density at radius 2 is 1.78 bits per heavy atom. The number of hydrogen-bond donors (Lipinski definition) is 1. The quantitative estimate of drug-likeness (QED) is 0.462. The topological polar surface area (TPSA) is 105 Å². The van der Waals surface area contributed by atoms with Crippen LogP contribution >= 0.6 is 0 Å². The molecule has 1 N–H and O–H groups in total. The molecule has 0 fully saturated rings. The summed E-state index contributed by atoms with van der Waals surface area (Å²) < 4.78 is 5.95. The molecule has 1 aliphatic rings. The molecule has 8 nitrogen and oxygen atoms in total. The zero-order valence-electron chi connectivity index (χ0n) is 17.4. The van der Waals surface area contributed by atoms with E-state index in [0.717, 1.165) is 21.7 Å². The van der Waals surface area contributed by atoms with Crippen LogP contribution in [0.1, 0.15) is 42.2 Å². The number of benzene rings is 3.